The number of benzene rings is 3. The Morgan fingerprint density at radius 3 is 2.46 bits per heavy atom. The number of anilines is 1. The number of halogens is 2. The summed E-state index contributed by atoms with van der Waals surface area (Å²) in [5, 5.41) is 4.67. The van der Waals surface area contributed by atoms with Crippen LogP contribution in [0.2, 0.25) is 5.02 Å². The van der Waals surface area contributed by atoms with Crippen molar-refractivity contribution in [2.45, 2.75) is 13.1 Å². The van der Waals surface area contributed by atoms with Crippen LogP contribution in [-0.2, 0) is 13.1 Å². The van der Waals surface area contributed by atoms with Gasteiger partial charge >= 0.3 is 0 Å². The highest BCUT2D eigenvalue weighted by Gasteiger charge is 2.10. The largest absolute Gasteiger partial charge is 0.379 e. The molecule has 0 aliphatic heterocycles. The first-order valence-corrected chi connectivity index (χ1v) is 9.38. The average molecular weight is 392 g/mol. The fraction of sp³-hybridized carbons (Fsp3) is 0.0870. The standard InChI is InChI=1S/C23H19ClFN3/c24-20-14-27-22-10-9-17(16-7-5-15(12-26)6-8-16)11-19(22)23(20)28-13-18-3-1-2-4-21(18)25/h1-11,14H,12-13,26H2,(H,27,28). The van der Waals surface area contributed by atoms with E-state index in [2.05, 4.69) is 16.4 Å². The minimum absolute atomic E-state index is 0.245. The van der Waals surface area contributed by atoms with Crippen LogP contribution in [0.25, 0.3) is 22.0 Å². The molecule has 3 nitrogen and oxygen atoms in total. The van der Waals surface area contributed by atoms with Gasteiger partial charge in [0.15, 0.2) is 0 Å². The third kappa shape index (κ3) is 3.70. The molecule has 0 saturated carbocycles. The van der Waals surface area contributed by atoms with Crippen LogP contribution in [-0.4, -0.2) is 4.98 Å². The van der Waals surface area contributed by atoms with E-state index < -0.39 is 0 Å². The van der Waals surface area contributed by atoms with Gasteiger partial charge in [0.1, 0.15) is 5.82 Å². The first-order chi connectivity index (χ1) is 13.7. The summed E-state index contributed by atoms with van der Waals surface area (Å²) >= 11 is 6.41. The molecule has 0 spiro atoms. The summed E-state index contributed by atoms with van der Waals surface area (Å²) in [4.78, 5) is 4.41. The highest BCUT2D eigenvalue weighted by Crippen LogP contribution is 2.33. The van der Waals surface area contributed by atoms with Gasteiger partial charge in [0.05, 0.1) is 16.2 Å². The quantitative estimate of drug-likeness (QED) is 0.454. The molecule has 3 aromatic carbocycles. The Morgan fingerprint density at radius 2 is 1.71 bits per heavy atom. The maximum absolute atomic E-state index is 14.0. The molecule has 1 aromatic heterocycles. The fourth-order valence-electron chi connectivity index (χ4n) is 3.19. The molecule has 0 unspecified atom stereocenters. The number of nitrogens with two attached hydrogens (primary N) is 1. The van der Waals surface area contributed by atoms with E-state index in [1.807, 2.05) is 42.5 Å². The molecule has 3 N–H and O–H groups in total. The molecule has 28 heavy (non-hydrogen) atoms. The molecule has 0 atom stereocenters. The molecule has 4 aromatic rings. The van der Waals surface area contributed by atoms with Gasteiger partial charge in [-0.05, 0) is 34.9 Å². The summed E-state index contributed by atoms with van der Waals surface area (Å²) in [5.41, 5.74) is 11.0. The van der Waals surface area contributed by atoms with E-state index in [9.17, 15) is 4.39 Å². The number of nitrogens with one attached hydrogen (secondary N) is 1. The second kappa shape index (κ2) is 7.97. The smallest absolute Gasteiger partial charge is 0.128 e. The monoisotopic (exact) mass is 391 g/mol. The van der Waals surface area contributed by atoms with Crippen molar-refractivity contribution in [1.82, 2.24) is 4.98 Å². The van der Waals surface area contributed by atoms with Crippen LogP contribution in [0.4, 0.5) is 10.1 Å². The fourth-order valence-corrected chi connectivity index (χ4v) is 3.40. The lowest BCUT2D eigenvalue weighted by Gasteiger charge is -2.13. The molecule has 1 heterocycles. The van der Waals surface area contributed by atoms with Gasteiger partial charge in [-0.25, -0.2) is 4.39 Å². The van der Waals surface area contributed by atoms with Crippen molar-refractivity contribution in [3.05, 3.63) is 94.9 Å². The highest BCUT2D eigenvalue weighted by atomic mass is 35.5. The Kier molecular flexibility index (Phi) is 5.24. The third-order valence-electron chi connectivity index (χ3n) is 4.76. The predicted molar refractivity (Wildman–Crippen MR) is 114 cm³/mol. The SMILES string of the molecule is NCc1ccc(-c2ccc3ncc(Cl)c(NCc4ccccc4F)c3c2)cc1. The molecule has 4 rings (SSSR count). The van der Waals surface area contributed by atoms with Gasteiger partial charge in [-0.15, -0.1) is 0 Å². The minimum atomic E-state index is -0.245. The van der Waals surface area contributed by atoms with Gasteiger partial charge in [0, 0.05) is 30.2 Å². The highest BCUT2D eigenvalue weighted by molar-refractivity contribution is 6.34. The maximum atomic E-state index is 14.0. The second-order valence-corrected chi connectivity index (χ2v) is 6.97. The zero-order chi connectivity index (χ0) is 19.5. The summed E-state index contributed by atoms with van der Waals surface area (Å²) < 4.78 is 14.0. The Hall–Kier alpha value is -2.95. The molecule has 0 radical (unpaired) electrons. The first-order valence-electron chi connectivity index (χ1n) is 9.00. The zero-order valence-corrected chi connectivity index (χ0v) is 15.9. The topological polar surface area (TPSA) is 50.9 Å². The van der Waals surface area contributed by atoms with Gasteiger partial charge in [0.2, 0.25) is 0 Å². The van der Waals surface area contributed by atoms with E-state index in [1.54, 1.807) is 18.3 Å². The predicted octanol–water partition coefficient (Wildman–Crippen LogP) is 5.77. The van der Waals surface area contributed by atoms with E-state index in [0.717, 1.165) is 33.3 Å². The van der Waals surface area contributed by atoms with Crippen molar-refractivity contribution in [3.63, 3.8) is 0 Å². The molecule has 0 amide bonds. The summed E-state index contributed by atoms with van der Waals surface area (Å²) in [6.07, 6.45) is 1.61. The van der Waals surface area contributed by atoms with Crippen molar-refractivity contribution in [1.29, 1.82) is 0 Å². The lowest BCUT2D eigenvalue weighted by Crippen LogP contribution is -2.03. The summed E-state index contributed by atoms with van der Waals surface area (Å²) in [6, 6.07) is 20.9. The number of fused-ring (bicyclic) bond motifs is 1. The molecule has 140 valence electrons. The van der Waals surface area contributed by atoms with Gasteiger partial charge in [-0.2, -0.15) is 0 Å². The normalized spacial score (nSPS) is 11.0. The summed E-state index contributed by atoms with van der Waals surface area (Å²) in [7, 11) is 0. The first kappa shape index (κ1) is 18.4. The van der Waals surface area contributed by atoms with E-state index >= 15 is 0 Å². The molecule has 0 saturated heterocycles. The number of rotatable bonds is 5. The van der Waals surface area contributed by atoms with E-state index in [1.165, 1.54) is 6.07 Å². The van der Waals surface area contributed by atoms with E-state index in [4.69, 9.17) is 17.3 Å². The Bertz CT molecular complexity index is 1130. The molecule has 0 aliphatic carbocycles. The number of hydrogen-bond acceptors (Lipinski definition) is 3. The van der Waals surface area contributed by atoms with Crippen LogP contribution in [0.5, 0.6) is 0 Å². The summed E-state index contributed by atoms with van der Waals surface area (Å²) in [5.74, 6) is -0.245. The Balaban J connectivity index is 1.72. The molecule has 0 bridgehead atoms. The maximum Gasteiger partial charge on any atom is 0.128 e. The van der Waals surface area contributed by atoms with Crippen molar-refractivity contribution in [2.75, 3.05) is 5.32 Å². The zero-order valence-electron chi connectivity index (χ0n) is 15.1. The Morgan fingerprint density at radius 1 is 0.964 bits per heavy atom. The van der Waals surface area contributed by atoms with Crippen LogP contribution in [0.1, 0.15) is 11.1 Å². The van der Waals surface area contributed by atoms with E-state index in [0.29, 0.717) is 23.7 Å². The minimum Gasteiger partial charge on any atom is -0.379 e. The number of nitrogens with zero attached hydrogens (tertiary/aromatic N) is 1. The van der Waals surface area contributed by atoms with Crippen LogP contribution < -0.4 is 11.1 Å². The third-order valence-corrected chi connectivity index (χ3v) is 5.04. The molecule has 0 aliphatic rings. The van der Waals surface area contributed by atoms with Crippen molar-refractivity contribution in [3.8, 4) is 11.1 Å². The van der Waals surface area contributed by atoms with Crippen molar-refractivity contribution < 1.29 is 4.39 Å². The average Bonchev–Trinajstić information content (AvgIpc) is 2.74. The second-order valence-electron chi connectivity index (χ2n) is 6.56. The number of aromatic nitrogens is 1. The van der Waals surface area contributed by atoms with Crippen LogP contribution >= 0.6 is 11.6 Å². The summed E-state index contributed by atoms with van der Waals surface area (Å²) in [6.45, 7) is 0.850. The molecule has 0 fully saturated rings. The Labute approximate surface area is 168 Å². The van der Waals surface area contributed by atoms with Crippen LogP contribution in [0, 0.1) is 5.82 Å². The van der Waals surface area contributed by atoms with E-state index in [-0.39, 0.29) is 5.82 Å². The molecular formula is C23H19ClFN3. The van der Waals surface area contributed by atoms with Gasteiger partial charge in [-0.3, -0.25) is 4.98 Å². The van der Waals surface area contributed by atoms with Crippen LogP contribution in [0.3, 0.4) is 0 Å². The molecule has 5 heteroatoms. The van der Waals surface area contributed by atoms with Crippen LogP contribution in [0.15, 0.2) is 72.9 Å². The van der Waals surface area contributed by atoms with Gasteiger partial charge < -0.3 is 11.1 Å². The van der Waals surface area contributed by atoms with Crippen molar-refractivity contribution in [2.24, 2.45) is 5.73 Å². The van der Waals surface area contributed by atoms with Crippen molar-refractivity contribution >= 4 is 28.2 Å². The lowest BCUT2D eigenvalue weighted by atomic mass is 10.0. The number of hydrogen-bond donors (Lipinski definition) is 2. The molecular weight excluding hydrogens is 373 g/mol. The van der Waals surface area contributed by atoms with Gasteiger partial charge in [0.25, 0.3) is 0 Å². The number of pyridine rings is 1. The van der Waals surface area contributed by atoms with Gasteiger partial charge in [-0.1, -0.05) is 60.1 Å². The lowest BCUT2D eigenvalue weighted by molar-refractivity contribution is 0.613.